The summed E-state index contributed by atoms with van der Waals surface area (Å²) in [4.78, 5) is 2.52. The van der Waals surface area contributed by atoms with E-state index in [2.05, 4.69) is 32.6 Å². The number of hydrogen-bond donors (Lipinski definition) is 1. The molecule has 1 heterocycles. The van der Waals surface area contributed by atoms with Gasteiger partial charge in [-0.3, -0.25) is 4.90 Å². The lowest BCUT2D eigenvalue weighted by atomic mass is 10.0. The lowest BCUT2D eigenvalue weighted by Gasteiger charge is -2.41. The summed E-state index contributed by atoms with van der Waals surface area (Å²) >= 11 is 0. The molecule has 0 radical (unpaired) electrons. The Morgan fingerprint density at radius 1 is 1.44 bits per heavy atom. The third-order valence-corrected chi connectivity index (χ3v) is 3.02. The molecule has 16 heavy (non-hydrogen) atoms. The number of nitrogens with zero attached hydrogens (tertiary/aromatic N) is 1. The molecule has 0 saturated carbocycles. The second-order valence-electron chi connectivity index (χ2n) is 5.90. The molecule has 0 aromatic carbocycles. The number of rotatable bonds is 5. The minimum Gasteiger partial charge on any atom is -0.370 e. The van der Waals surface area contributed by atoms with Crippen LogP contribution in [-0.2, 0) is 4.74 Å². The summed E-state index contributed by atoms with van der Waals surface area (Å²) in [7, 11) is 0. The summed E-state index contributed by atoms with van der Waals surface area (Å²) in [5.74, 6) is 0. The molecule has 2 atom stereocenters. The van der Waals surface area contributed by atoms with Gasteiger partial charge < -0.3 is 10.5 Å². The van der Waals surface area contributed by atoms with E-state index in [1.807, 2.05) is 0 Å². The van der Waals surface area contributed by atoms with Gasteiger partial charge in [-0.25, -0.2) is 0 Å². The highest BCUT2D eigenvalue weighted by atomic mass is 16.5. The SMILES string of the molecule is CC(N)CCCCN1CC(C)OC(C)(C)C1. The smallest absolute Gasteiger partial charge is 0.0757 e. The Morgan fingerprint density at radius 3 is 2.69 bits per heavy atom. The van der Waals surface area contributed by atoms with Crippen molar-refractivity contribution in [3.05, 3.63) is 0 Å². The lowest BCUT2D eigenvalue weighted by Crippen LogP contribution is -2.51. The quantitative estimate of drug-likeness (QED) is 0.732. The molecule has 0 spiro atoms. The van der Waals surface area contributed by atoms with E-state index in [1.165, 1.54) is 19.4 Å². The van der Waals surface area contributed by atoms with Gasteiger partial charge in [-0.1, -0.05) is 6.42 Å². The number of hydrogen-bond acceptors (Lipinski definition) is 3. The Morgan fingerprint density at radius 2 is 2.12 bits per heavy atom. The Labute approximate surface area is 100 Å². The molecule has 1 aliphatic rings. The van der Waals surface area contributed by atoms with E-state index in [-0.39, 0.29) is 5.60 Å². The number of morpholine rings is 1. The molecule has 0 amide bonds. The summed E-state index contributed by atoms with van der Waals surface area (Å²) in [5.41, 5.74) is 5.76. The molecule has 3 heteroatoms. The van der Waals surface area contributed by atoms with Gasteiger partial charge >= 0.3 is 0 Å². The summed E-state index contributed by atoms with van der Waals surface area (Å²) in [6, 6.07) is 0.347. The highest BCUT2D eigenvalue weighted by molar-refractivity contribution is 4.82. The molecule has 2 unspecified atom stereocenters. The topological polar surface area (TPSA) is 38.5 Å². The van der Waals surface area contributed by atoms with Gasteiger partial charge in [0.05, 0.1) is 11.7 Å². The fourth-order valence-electron chi connectivity index (χ4n) is 2.56. The molecule has 1 saturated heterocycles. The fourth-order valence-corrected chi connectivity index (χ4v) is 2.56. The molecule has 2 N–H and O–H groups in total. The van der Waals surface area contributed by atoms with Crippen molar-refractivity contribution < 1.29 is 4.74 Å². The number of nitrogens with two attached hydrogens (primary N) is 1. The normalized spacial score (nSPS) is 27.9. The van der Waals surface area contributed by atoms with Crippen molar-refractivity contribution >= 4 is 0 Å². The van der Waals surface area contributed by atoms with Crippen LogP contribution in [0, 0.1) is 0 Å². The maximum absolute atomic E-state index is 5.89. The van der Waals surface area contributed by atoms with Crippen LogP contribution in [0.1, 0.15) is 47.0 Å². The zero-order valence-electron chi connectivity index (χ0n) is 11.3. The van der Waals surface area contributed by atoms with Crippen LogP contribution in [0.5, 0.6) is 0 Å². The summed E-state index contributed by atoms with van der Waals surface area (Å²) in [5, 5.41) is 0. The highest BCUT2D eigenvalue weighted by Crippen LogP contribution is 2.20. The van der Waals surface area contributed by atoms with E-state index in [9.17, 15) is 0 Å². The second-order valence-corrected chi connectivity index (χ2v) is 5.90. The van der Waals surface area contributed by atoms with Crippen molar-refractivity contribution in [2.24, 2.45) is 5.73 Å². The third-order valence-electron chi connectivity index (χ3n) is 3.02. The predicted octanol–water partition coefficient (Wildman–Crippen LogP) is 2.00. The van der Waals surface area contributed by atoms with Crippen LogP contribution < -0.4 is 5.73 Å². The fraction of sp³-hybridized carbons (Fsp3) is 1.00. The minimum atomic E-state index is 0.0127. The van der Waals surface area contributed by atoms with Crippen LogP contribution in [-0.4, -0.2) is 42.3 Å². The first-order chi connectivity index (χ1) is 7.39. The molecule has 3 nitrogen and oxygen atoms in total. The van der Waals surface area contributed by atoms with Crippen LogP contribution in [0.2, 0.25) is 0 Å². The Kier molecular flexibility index (Phi) is 5.22. The van der Waals surface area contributed by atoms with Crippen molar-refractivity contribution in [3.63, 3.8) is 0 Å². The van der Waals surface area contributed by atoms with Gasteiger partial charge in [-0.2, -0.15) is 0 Å². The molecular formula is C13H28N2O. The molecule has 1 rings (SSSR count). The van der Waals surface area contributed by atoms with E-state index < -0.39 is 0 Å². The van der Waals surface area contributed by atoms with Gasteiger partial charge in [0.15, 0.2) is 0 Å². The van der Waals surface area contributed by atoms with Crippen LogP contribution in [0.4, 0.5) is 0 Å². The molecule has 0 bridgehead atoms. The Bertz CT molecular complexity index is 204. The van der Waals surface area contributed by atoms with Gasteiger partial charge in [0.2, 0.25) is 0 Å². The Hall–Kier alpha value is -0.120. The first kappa shape index (κ1) is 13.9. The third kappa shape index (κ3) is 5.28. The second kappa shape index (κ2) is 5.99. The van der Waals surface area contributed by atoms with Crippen LogP contribution in [0.15, 0.2) is 0 Å². The zero-order valence-corrected chi connectivity index (χ0v) is 11.3. The van der Waals surface area contributed by atoms with Gasteiger partial charge in [0.1, 0.15) is 0 Å². The largest absolute Gasteiger partial charge is 0.370 e. The van der Waals surface area contributed by atoms with Crippen molar-refractivity contribution in [2.75, 3.05) is 19.6 Å². The molecule has 1 aliphatic heterocycles. The first-order valence-electron chi connectivity index (χ1n) is 6.55. The highest BCUT2D eigenvalue weighted by Gasteiger charge is 2.30. The van der Waals surface area contributed by atoms with Gasteiger partial charge in [-0.05, 0) is 47.1 Å². The summed E-state index contributed by atoms with van der Waals surface area (Å²) in [6.45, 7) is 11.9. The number of ether oxygens (including phenoxy) is 1. The predicted molar refractivity (Wildman–Crippen MR) is 68.6 cm³/mol. The van der Waals surface area contributed by atoms with Crippen molar-refractivity contribution in [3.8, 4) is 0 Å². The first-order valence-corrected chi connectivity index (χ1v) is 6.55. The molecular weight excluding hydrogens is 200 g/mol. The van der Waals surface area contributed by atoms with E-state index in [4.69, 9.17) is 10.5 Å². The maximum atomic E-state index is 5.89. The summed E-state index contributed by atoms with van der Waals surface area (Å²) < 4.78 is 5.89. The van der Waals surface area contributed by atoms with E-state index in [0.29, 0.717) is 12.1 Å². The van der Waals surface area contributed by atoms with E-state index in [0.717, 1.165) is 19.5 Å². The summed E-state index contributed by atoms with van der Waals surface area (Å²) in [6.07, 6.45) is 3.99. The maximum Gasteiger partial charge on any atom is 0.0757 e. The zero-order chi connectivity index (χ0) is 12.2. The van der Waals surface area contributed by atoms with Gasteiger partial charge in [0, 0.05) is 19.1 Å². The standard InChI is InChI=1S/C13H28N2O/c1-11(14)7-5-6-8-15-9-12(2)16-13(3,4)10-15/h11-12H,5-10,14H2,1-4H3. The molecule has 0 aliphatic carbocycles. The molecule has 96 valence electrons. The van der Waals surface area contributed by atoms with Gasteiger partial charge in [-0.15, -0.1) is 0 Å². The van der Waals surface area contributed by atoms with Gasteiger partial charge in [0.25, 0.3) is 0 Å². The van der Waals surface area contributed by atoms with Crippen LogP contribution in [0.3, 0.4) is 0 Å². The number of unbranched alkanes of at least 4 members (excludes halogenated alkanes) is 1. The van der Waals surface area contributed by atoms with Crippen LogP contribution >= 0.6 is 0 Å². The van der Waals surface area contributed by atoms with Crippen molar-refractivity contribution in [1.29, 1.82) is 0 Å². The van der Waals surface area contributed by atoms with E-state index in [1.54, 1.807) is 0 Å². The average Bonchev–Trinajstić information content (AvgIpc) is 2.08. The van der Waals surface area contributed by atoms with E-state index >= 15 is 0 Å². The Balaban J connectivity index is 2.21. The molecule has 1 fully saturated rings. The monoisotopic (exact) mass is 228 g/mol. The molecule has 0 aromatic rings. The lowest BCUT2D eigenvalue weighted by molar-refractivity contribution is -0.128. The molecule has 0 aromatic heterocycles. The van der Waals surface area contributed by atoms with Crippen molar-refractivity contribution in [1.82, 2.24) is 4.90 Å². The van der Waals surface area contributed by atoms with Crippen molar-refractivity contribution in [2.45, 2.75) is 64.7 Å². The average molecular weight is 228 g/mol. The van der Waals surface area contributed by atoms with Crippen LogP contribution in [0.25, 0.3) is 0 Å². The minimum absolute atomic E-state index is 0.0127.